The predicted octanol–water partition coefficient (Wildman–Crippen LogP) is 4.32. The number of nitrogens with two attached hydrogens (primary N) is 1. The van der Waals surface area contributed by atoms with E-state index >= 15 is 0 Å². The van der Waals surface area contributed by atoms with E-state index in [4.69, 9.17) is 10.5 Å². The number of rotatable bonds is 7. The molecule has 0 aromatic heterocycles. The molecule has 0 heterocycles. The fourth-order valence-electron chi connectivity index (χ4n) is 2.61. The van der Waals surface area contributed by atoms with Gasteiger partial charge in [-0.15, -0.1) is 0 Å². The van der Waals surface area contributed by atoms with Crippen LogP contribution in [0.1, 0.15) is 62.6 Å². The number of hydrogen-bond donors (Lipinski definition) is 1. The lowest BCUT2D eigenvalue weighted by Crippen LogP contribution is -2.16. The summed E-state index contributed by atoms with van der Waals surface area (Å²) >= 11 is 0. The van der Waals surface area contributed by atoms with E-state index in [1.54, 1.807) is 0 Å². The van der Waals surface area contributed by atoms with Gasteiger partial charge in [-0.25, -0.2) is 0 Å². The molecule has 2 nitrogen and oxygen atoms in total. The Kier molecular flexibility index (Phi) is 6.36. The molecule has 1 aromatic carbocycles. The maximum absolute atomic E-state index is 5.89. The third kappa shape index (κ3) is 4.24. The molecule has 2 atom stereocenters. The summed E-state index contributed by atoms with van der Waals surface area (Å²) in [5.74, 6) is 1.63. The number of benzene rings is 1. The van der Waals surface area contributed by atoms with Gasteiger partial charge < -0.3 is 10.5 Å². The minimum atomic E-state index is 0.290. The molecule has 2 unspecified atom stereocenters. The quantitative estimate of drug-likeness (QED) is 0.795. The summed E-state index contributed by atoms with van der Waals surface area (Å²) < 4.78 is 5.66. The first kappa shape index (κ1) is 16.0. The van der Waals surface area contributed by atoms with Crippen LogP contribution in [0.15, 0.2) is 12.1 Å². The van der Waals surface area contributed by atoms with Gasteiger partial charge in [-0.2, -0.15) is 0 Å². The van der Waals surface area contributed by atoms with E-state index in [0.717, 1.165) is 18.8 Å². The van der Waals surface area contributed by atoms with Crippen LogP contribution in [0, 0.1) is 13.8 Å². The Morgan fingerprint density at radius 3 is 2.32 bits per heavy atom. The lowest BCUT2D eigenvalue weighted by molar-refractivity contribution is 0.337. The predicted molar refractivity (Wildman–Crippen MR) is 83.0 cm³/mol. The molecule has 0 saturated carbocycles. The zero-order chi connectivity index (χ0) is 14.4. The Morgan fingerprint density at radius 1 is 1.11 bits per heavy atom. The minimum absolute atomic E-state index is 0.290. The molecule has 0 radical (unpaired) electrons. The van der Waals surface area contributed by atoms with Gasteiger partial charge in [-0.05, 0) is 75.6 Å². The molecule has 0 aliphatic heterocycles. The van der Waals surface area contributed by atoms with Crippen molar-refractivity contribution >= 4 is 0 Å². The van der Waals surface area contributed by atoms with Gasteiger partial charge in [0.05, 0.1) is 6.61 Å². The van der Waals surface area contributed by atoms with Crippen molar-refractivity contribution in [1.82, 2.24) is 0 Å². The van der Waals surface area contributed by atoms with E-state index < -0.39 is 0 Å². The average molecular weight is 263 g/mol. The Labute approximate surface area is 118 Å². The normalized spacial score (nSPS) is 14.2. The molecule has 0 aliphatic rings. The lowest BCUT2D eigenvalue weighted by Gasteiger charge is -2.21. The molecule has 0 saturated heterocycles. The van der Waals surface area contributed by atoms with Gasteiger partial charge in [-0.1, -0.05) is 13.0 Å². The highest BCUT2D eigenvalue weighted by Crippen LogP contribution is 2.33. The standard InChI is InChI=1S/C17H29NO/c1-6-15(9-8-12(3)18)16-10-11-17(19-7-2)14(5)13(16)4/h10-12,15H,6-9,18H2,1-5H3. The Bertz CT molecular complexity index is 398. The summed E-state index contributed by atoms with van der Waals surface area (Å²) in [6, 6.07) is 4.65. The molecule has 0 amide bonds. The van der Waals surface area contributed by atoms with Gasteiger partial charge >= 0.3 is 0 Å². The first-order chi connectivity index (χ1) is 9.01. The highest BCUT2D eigenvalue weighted by atomic mass is 16.5. The third-order valence-electron chi connectivity index (χ3n) is 3.98. The van der Waals surface area contributed by atoms with Crippen molar-refractivity contribution in [1.29, 1.82) is 0 Å². The summed E-state index contributed by atoms with van der Waals surface area (Å²) in [7, 11) is 0. The van der Waals surface area contributed by atoms with Crippen molar-refractivity contribution < 1.29 is 4.74 Å². The SMILES string of the molecule is CCOc1ccc(C(CC)CCC(C)N)c(C)c1C. The Morgan fingerprint density at radius 2 is 1.79 bits per heavy atom. The summed E-state index contributed by atoms with van der Waals surface area (Å²) in [5, 5.41) is 0. The lowest BCUT2D eigenvalue weighted by atomic mass is 9.86. The molecule has 0 aliphatic carbocycles. The Hall–Kier alpha value is -1.02. The molecule has 0 spiro atoms. The average Bonchev–Trinajstić information content (AvgIpc) is 2.37. The van der Waals surface area contributed by atoms with Crippen molar-refractivity contribution in [3.63, 3.8) is 0 Å². The van der Waals surface area contributed by atoms with E-state index in [2.05, 4.69) is 39.8 Å². The summed E-state index contributed by atoms with van der Waals surface area (Å²) in [6.45, 7) is 11.5. The fraction of sp³-hybridized carbons (Fsp3) is 0.647. The zero-order valence-corrected chi connectivity index (χ0v) is 13.1. The molecular weight excluding hydrogens is 234 g/mol. The first-order valence-corrected chi connectivity index (χ1v) is 7.49. The van der Waals surface area contributed by atoms with Crippen LogP contribution < -0.4 is 10.5 Å². The topological polar surface area (TPSA) is 35.2 Å². The van der Waals surface area contributed by atoms with Crippen LogP contribution in [-0.4, -0.2) is 12.6 Å². The fourth-order valence-corrected chi connectivity index (χ4v) is 2.61. The van der Waals surface area contributed by atoms with Crippen molar-refractivity contribution in [2.45, 2.75) is 65.8 Å². The van der Waals surface area contributed by atoms with Gasteiger partial charge in [0.25, 0.3) is 0 Å². The van der Waals surface area contributed by atoms with Crippen LogP contribution in [-0.2, 0) is 0 Å². The largest absolute Gasteiger partial charge is 0.494 e. The van der Waals surface area contributed by atoms with Gasteiger partial charge in [0.2, 0.25) is 0 Å². The molecule has 108 valence electrons. The third-order valence-corrected chi connectivity index (χ3v) is 3.98. The van der Waals surface area contributed by atoms with Crippen molar-refractivity contribution in [2.75, 3.05) is 6.61 Å². The van der Waals surface area contributed by atoms with Crippen LogP contribution in [0.4, 0.5) is 0 Å². The summed E-state index contributed by atoms with van der Waals surface area (Å²) in [5.41, 5.74) is 10.0. The van der Waals surface area contributed by atoms with Crippen molar-refractivity contribution in [3.05, 3.63) is 28.8 Å². The monoisotopic (exact) mass is 263 g/mol. The van der Waals surface area contributed by atoms with E-state index in [1.165, 1.54) is 29.5 Å². The van der Waals surface area contributed by atoms with Gasteiger partial charge in [0.1, 0.15) is 5.75 Å². The minimum Gasteiger partial charge on any atom is -0.494 e. The highest BCUT2D eigenvalue weighted by molar-refractivity contribution is 5.45. The molecule has 0 bridgehead atoms. The summed E-state index contributed by atoms with van der Waals surface area (Å²) in [4.78, 5) is 0. The van der Waals surface area contributed by atoms with Crippen LogP contribution in [0.2, 0.25) is 0 Å². The maximum Gasteiger partial charge on any atom is 0.122 e. The number of ether oxygens (including phenoxy) is 1. The molecule has 0 fully saturated rings. The molecule has 1 rings (SSSR count). The molecule has 2 N–H and O–H groups in total. The van der Waals surface area contributed by atoms with Gasteiger partial charge in [0.15, 0.2) is 0 Å². The van der Waals surface area contributed by atoms with E-state index in [0.29, 0.717) is 5.92 Å². The van der Waals surface area contributed by atoms with E-state index in [1.807, 2.05) is 6.92 Å². The molecule has 19 heavy (non-hydrogen) atoms. The Balaban J connectivity index is 2.95. The van der Waals surface area contributed by atoms with Crippen LogP contribution in [0.25, 0.3) is 0 Å². The second kappa shape index (κ2) is 7.54. The van der Waals surface area contributed by atoms with Gasteiger partial charge in [-0.3, -0.25) is 0 Å². The second-order valence-electron chi connectivity index (χ2n) is 5.50. The summed E-state index contributed by atoms with van der Waals surface area (Å²) in [6.07, 6.45) is 3.42. The van der Waals surface area contributed by atoms with E-state index in [-0.39, 0.29) is 6.04 Å². The van der Waals surface area contributed by atoms with Crippen molar-refractivity contribution in [2.24, 2.45) is 5.73 Å². The molecule has 2 heteroatoms. The van der Waals surface area contributed by atoms with Crippen LogP contribution >= 0.6 is 0 Å². The smallest absolute Gasteiger partial charge is 0.122 e. The zero-order valence-electron chi connectivity index (χ0n) is 13.1. The van der Waals surface area contributed by atoms with Crippen molar-refractivity contribution in [3.8, 4) is 5.75 Å². The molecule has 1 aromatic rings. The van der Waals surface area contributed by atoms with E-state index in [9.17, 15) is 0 Å². The van der Waals surface area contributed by atoms with Crippen LogP contribution in [0.5, 0.6) is 5.75 Å². The number of hydrogen-bond acceptors (Lipinski definition) is 2. The first-order valence-electron chi connectivity index (χ1n) is 7.49. The van der Waals surface area contributed by atoms with Gasteiger partial charge in [0, 0.05) is 6.04 Å². The van der Waals surface area contributed by atoms with Crippen LogP contribution in [0.3, 0.4) is 0 Å². The molecular formula is C17H29NO. The highest BCUT2D eigenvalue weighted by Gasteiger charge is 2.15. The maximum atomic E-state index is 5.89. The second-order valence-corrected chi connectivity index (χ2v) is 5.50.